The zero-order chi connectivity index (χ0) is 17.9. The van der Waals surface area contributed by atoms with Crippen molar-refractivity contribution in [2.75, 3.05) is 19.5 Å². The SMILES string of the molecule is COc1ccc(-c2nn3c(CSCCO)nnc3c3ccccc23)cc1. The van der Waals surface area contributed by atoms with Crippen molar-refractivity contribution < 1.29 is 9.84 Å². The van der Waals surface area contributed by atoms with Crippen molar-refractivity contribution in [1.82, 2.24) is 19.8 Å². The quantitative estimate of drug-likeness (QED) is 0.529. The summed E-state index contributed by atoms with van der Waals surface area (Å²) in [6.07, 6.45) is 0. The highest BCUT2D eigenvalue weighted by Gasteiger charge is 2.15. The molecule has 2 heterocycles. The van der Waals surface area contributed by atoms with Crippen LogP contribution in [0.4, 0.5) is 0 Å². The summed E-state index contributed by atoms with van der Waals surface area (Å²) < 4.78 is 7.07. The second-order valence-electron chi connectivity index (χ2n) is 5.75. The van der Waals surface area contributed by atoms with E-state index in [9.17, 15) is 0 Å². The largest absolute Gasteiger partial charge is 0.497 e. The maximum absolute atomic E-state index is 9.00. The van der Waals surface area contributed by atoms with Gasteiger partial charge in [0, 0.05) is 22.1 Å². The van der Waals surface area contributed by atoms with Crippen LogP contribution >= 0.6 is 11.8 Å². The second-order valence-corrected chi connectivity index (χ2v) is 6.86. The predicted octanol–water partition coefficient (Wildman–Crippen LogP) is 3.18. The third kappa shape index (κ3) is 3.00. The van der Waals surface area contributed by atoms with Gasteiger partial charge in [0.25, 0.3) is 0 Å². The zero-order valence-electron chi connectivity index (χ0n) is 14.3. The highest BCUT2D eigenvalue weighted by Crippen LogP contribution is 2.30. The van der Waals surface area contributed by atoms with Crippen LogP contribution in [0.25, 0.3) is 27.7 Å². The van der Waals surface area contributed by atoms with Crippen molar-refractivity contribution in [3.8, 4) is 17.0 Å². The fraction of sp³-hybridized carbons (Fsp3) is 0.211. The van der Waals surface area contributed by atoms with Gasteiger partial charge in [0.2, 0.25) is 0 Å². The van der Waals surface area contributed by atoms with Gasteiger partial charge in [-0.25, -0.2) is 0 Å². The van der Waals surface area contributed by atoms with Crippen LogP contribution in [0, 0.1) is 0 Å². The van der Waals surface area contributed by atoms with E-state index in [2.05, 4.69) is 16.3 Å². The lowest BCUT2D eigenvalue weighted by atomic mass is 10.0. The second kappa shape index (κ2) is 7.31. The number of rotatable bonds is 6. The van der Waals surface area contributed by atoms with Gasteiger partial charge in [-0.15, -0.1) is 10.2 Å². The van der Waals surface area contributed by atoms with Gasteiger partial charge in [-0.3, -0.25) is 0 Å². The van der Waals surface area contributed by atoms with E-state index in [4.69, 9.17) is 14.9 Å². The summed E-state index contributed by atoms with van der Waals surface area (Å²) in [7, 11) is 1.65. The number of fused-ring (bicyclic) bond motifs is 3. The van der Waals surface area contributed by atoms with Gasteiger partial charge in [0.05, 0.1) is 25.2 Å². The predicted molar refractivity (Wildman–Crippen MR) is 104 cm³/mol. The van der Waals surface area contributed by atoms with Crippen molar-refractivity contribution in [2.24, 2.45) is 0 Å². The third-order valence-corrected chi connectivity index (χ3v) is 5.09. The number of aromatic nitrogens is 4. The van der Waals surface area contributed by atoms with Crippen LogP contribution < -0.4 is 4.74 Å². The van der Waals surface area contributed by atoms with Crippen LogP contribution in [0.15, 0.2) is 48.5 Å². The molecule has 0 aliphatic rings. The number of hydrogen-bond acceptors (Lipinski definition) is 6. The van der Waals surface area contributed by atoms with Crippen molar-refractivity contribution in [1.29, 1.82) is 0 Å². The number of nitrogens with zero attached hydrogens (tertiary/aromatic N) is 4. The minimum absolute atomic E-state index is 0.148. The minimum atomic E-state index is 0.148. The first-order chi connectivity index (χ1) is 12.8. The molecule has 0 aliphatic carbocycles. The normalized spacial score (nSPS) is 11.3. The number of aliphatic hydroxyl groups is 1. The molecule has 0 saturated carbocycles. The molecule has 0 atom stereocenters. The lowest BCUT2D eigenvalue weighted by Crippen LogP contribution is -2.01. The molecule has 7 heteroatoms. The molecular formula is C19H18N4O2S. The van der Waals surface area contributed by atoms with Gasteiger partial charge in [-0.05, 0) is 24.3 Å². The van der Waals surface area contributed by atoms with Crippen LogP contribution in [-0.4, -0.2) is 44.4 Å². The lowest BCUT2D eigenvalue weighted by molar-refractivity contribution is 0.322. The van der Waals surface area contributed by atoms with E-state index in [-0.39, 0.29) is 6.61 Å². The zero-order valence-corrected chi connectivity index (χ0v) is 15.1. The van der Waals surface area contributed by atoms with E-state index in [0.717, 1.165) is 39.3 Å². The van der Waals surface area contributed by atoms with Crippen LogP contribution in [0.5, 0.6) is 5.75 Å². The molecule has 0 unspecified atom stereocenters. The molecule has 4 aromatic rings. The van der Waals surface area contributed by atoms with Gasteiger partial charge in [-0.2, -0.15) is 21.4 Å². The summed E-state index contributed by atoms with van der Waals surface area (Å²) in [5.41, 5.74) is 2.63. The molecule has 1 N–H and O–H groups in total. The van der Waals surface area contributed by atoms with Gasteiger partial charge in [-0.1, -0.05) is 24.3 Å². The Hall–Kier alpha value is -2.64. The summed E-state index contributed by atoms with van der Waals surface area (Å²) in [4.78, 5) is 0. The monoisotopic (exact) mass is 366 g/mol. The first-order valence-electron chi connectivity index (χ1n) is 8.28. The van der Waals surface area contributed by atoms with Crippen molar-refractivity contribution in [3.05, 3.63) is 54.4 Å². The Labute approximate surface area is 154 Å². The molecule has 0 amide bonds. The van der Waals surface area contributed by atoms with Crippen molar-refractivity contribution in [3.63, 3.8) is 0 Å². The van der Waals surface area contributed by atoms with E-state index in [1.807, 2.05) is 47.0 Å². The fourth-order valence-electron chi connectivity index (χ4n) is 2.90. The number of benzene rings is 2. The van der Waals surface area contributed by atoms with Gasteiger partial charge < -0.3 is 9.84 Å². The first kappa shape index (κ1) is 16.8. The van der Waals surface area contributed by atoms with Gasteiger partial charge >= 0.3 is 0 Å². The van der Waals surface area contributed by atoms with E-state index < -0.39 is 0 Å². The molecule has 2 aromatic carbocycles. The summed E-state index contributed by atoms with van der Waals surface area (Å²) in [5.74, 6) is 2.90. The van der Waals surface area contributed by atoms with Crippen LogP contribution in [0.2, 0.25) is 0 Å². The van der Waals surface area contributed by atoms with E-state index in [0.29, 0.717) is 11.5 Å². The molecule has 2 aromatic heterocycles. The Kier molecular flexibility index (Phi) is 4.73. The Morgan fingerprint density at radius 2 is 1.81 bits per heavy atom. The smallest absolute Gasteiger partial charge is 0.185 e. The summed E-state index contributed by atoms with van der Waals surface area (Å²) in [6, 6.07) is 16.0. The molecule has 4 rings (SSSR count). The number of methoxy groups -OCH3 is 1. The van der Waals surface area contributed by atoms with Gasteiger partial charge in [0.1, 0.15) is 5.75 Å². The Balaban J connectivity index is 1.90. The first-order valence-corrected chi connectivity index (χ1v) is 9.43. The van der Waals surface area contributed by atoms with Crippen LogP contribution in [0.1, 0.15) is 5.82 Å². The minimum Gasteiger partial charge on any atom is -0.497 e. The molecular weight excluding hydrogens is 348 g/mol. The summed E-state index contributed by atoms with van der Waals surface area (Å²) in [6.45, 7) is 0.148. The van der Waals surface area contributed by atoms with Crippen molar-refractivity contribution >= 4 is 28.2 Å². The van der Waals surface area contributed by atoms with Crippen LogP contribution in [0.3, 0.4) is 0 Å². The topological polar surface area (TPSA) is 72.5 Å². The standard InChI is InChI=1S/C19H18N4O2S/c1-25-14-8-6-13(7-9-14)18-15-4-2-3-5-16(15)19-21-20-17(23(19)22-18)12-26-11-10-24/h2-9,24H,10-12H2,1H3. The molecule has 132 valence electrons. The number of thioether (sulfide) groups is 1. The Morgan fingerprint density at radius 1 is 1.04 bits per heavy atom. The molecule has 0 bridgehead atoms. The maximum Gasteiger partial charge on any atom is 0.185 e. The highest BCUT2D eigenvalue weighted by atomic mass is 32.2. The molecule has 26 heavy (non-hydrogen) atoms. The molecule has 0 radical (unpaired) electrons. The molecule has 6 nitrogen and oxygen atoms in total. The summed E-state index contributed by atoms with van der Waals surface area (Å²) in [5, 5.41) is 24.5. The average molecular weight is 366 g/mol. The lowest BCUT2D eigenvalue weighted by Gasteiger charge is -2.09. The Bertz CT molecular complexity index is 1050. The molecule has 0 aliphatic heterocycles. The highest BCUT2D eigenvalue weighted by molar-refractivity contribution is 7.98. The van der Waals surface area contributed by atoms with Gasteiger partial charge in [0.15, 0.2) is 11.5 Å². The van der Waals surface area contributed by atoms with E-state index >= 15 is 0 Å². The Morgan fingerprint density at radius 3 is 2.54 bits per heavy atom. The molecule has 0 saturated heterocycles. The van der Waals surface area contributed by atoms with Crippen LogP contribution in [-0.2, 0) is 5.75 Å². The van der Waals surface area contributed by atoms with Crippen molar-refractivity contribution in [2.45, 2.75) is 5.75 Å². The summed E-state index contributed by atoms with van der Waals surface area (Å²) >= 11 is 1.61. The molecule has 0 fully saturated rings. The fourth-order valence-corrected chi connectivity index (χ4v) is 3.54. The maximum atomic E-state index is 9.00. The molecule has 0 spiro atoms. The average Bonchev–Trinajstić information content (AvgIpc) is 3.11. The number of hydrogen-bond donors (Lipinski definition) is 1. The van der Waals surface area contributed by atoms with E-state index in [1.54, 1.807) is 18.9 Å². The third-order valence-electron chi connectivity index (χ3n) is 4.16. The number of aliphatic hydroxyl groups excluding tert-OH is 1. The number of ether oxygens (including phenoxy) is 1. The van der Waals surface area contributed by atoms with E-state index in [1.165, 1.54) is 0 Å².